The van der Waals surface area contributed by atoms with Gasteiger partial charge in [-0.05, 0) is 25.2 Å². The third-order valence-electron chi connectivity index (χ3n) is 2.93. The topological polar surface area (TPSA) is 65.2 Å². The summed E-state index contributed by atoms with van der Waals surface area (Å²) in [4.78, 5) is 2.98. The molecule has 2 rings (SSSR count). The van der Waals surface area contributed by atoms with Gasteiger partial charge in [0.2, 0.25) is 0 Å². The first-order chi connectivity index (χ1) is 9.46. The van der Waals surface area contributed by atoms with E-state index in [1.54, 1.807) is 13.1 Å². The summed E-state index contributed by atoms with van der Waals surface area (Å²) in [5.41, 5.74) is 0.761. The van der Waals surface area contributed by atoms with Crippen LogP contribution in [-0.4, -0.2) is 27.5 Å². The third kappa shape index (κ3) is 2.68. The van der Waals surface area contributed by atoms with Gasteiger partial charge in [0.05, 0.1) is 5.69 Å². The van der Waals surface area contributed by atoms with Gasteiger partial charge >= 0.3 is 0 Å². The standard InChI is InChI=1S/C13H16FN3O2S/c1-15-8-10-7-11(9-16-10)20(18,19)17(2)13-6-4-3-5-12(13)14/h3-7,9,15-16H,8H2,1-2H3. The van der Waals surface area contributed by atoms with Gasteiger partial charge in [-0.1, -0.05) is 12.1 Å². The van der Waals surface area contributed by atoms with Gasteiger partial charge in [0.15, 0.2) is 0 Å². The molecule has 1 aromatic carbocycles. The van der Waals surface area contributed by atoms with Crippen molar-refractivity contribution in [2.24, 2.45) is 0 Å². The Labute approximate surface area is 117 Å². The molecule has 0 radical (unpaired) electrons. The number of hydrogen-bond donors (Lipinski definition) is 2. The summed E-state index contributed by atoms with van der Waals surface area (Å²) in [5.74, 6) is -0.579. The van der Waals surface area contributed by atoms with Crippen LogP contribution in [0.3, 0.4) is 0 Å². The molecule has 0 saturated heterocycles. The number of nitrogens with one attached hydrogen (secondary N) is 2. The lowest BCUT2D eigenvalue weighted by atomic mass is 10.3. The molecule has 20 heavy (non-hydrogen) atoms. The van der Waals surface area contributed by atoms with E-state index in [9.17, 15) is 12.8 Å². The smallest absolute Gasteiger partial charge is 0.265 e. The van der Waals surface area contributed by atoms with Gasteiger partial charge in [-0.25, -0.2) is 12.8 Å². The van der Waals surface area contributed by atoms with Gasteiger partial charge in [0.1, 0.15) is 10.7 Å². The molecule has 0 aliphatic rings. The molecule has 2 aromatic rings. The minimum absolute atomic E-state index is 0.0175. The highest BCUT2D eigenvalue weighted by Crippen LogP contribution is 2.24. The minimum atomic E-state index is -3.78. The number of sulfonamides is 1. The van der Waals surface area contributed by atoms with Crippen molar-refractivity contribution in [3.05, 3.63) is 48.0 Å². The molecule has 0 saturated carbocycles. The second kappa shape index (κ2) is 5.64. The Morgan fingerprint density at radius 1 is 1.35 bits per heavy atom. The Hall–Kier alpha value is -1.86. The quantitative estimate of drug-likeness (QED) is 0.883. The predicted octanol–water partition coefficient (Wildman–Crippen LogP) is 1.70. The average molecular weight is 297 g/mol. The van der Waals surface area contributed by atoms with E-state index in [4.69, 9.17) is 0 Å². The zero-order chi connectivity index (χ0) is 14.8. The molecule has 0 bridgehead atoms. The summed E-state index contributed by atoms with van der Waals surface area (Å²) in [6.07, 6.45) is 1.40. The molecule has 0 unspecified atom stereocenters. The minimum Gasteiger partial charge on any atom is -0.363 e. The number of H-pyrrole nitrogens is 1. The van der Waals surface area contributed by atoms with Crippen molar-refractivity contribution in [2.75, 3.05) is 18.4 Å². The van der Waals surface area contributed by atoms with Gasteiger partial charge in [-0.2, -0.15) is 0 Å². The molecule has 5 nitrogen and oxygen atoms in total. The first-order valence-corrected chi connectivity index (χ1v) is 7.46. The molecule has 7 heteroatoms. The molecule has 1 heterocycles. The fraction of sp³-hybridized carbons (Fsp3) is 0.231. The molecule has 1 aromatic heterocycles. The number of hydrogen-bond acceptors (Lipinski definition) is 3. The molecule has 0 spiro atoms. The summed E-state index contributed by atoms with van der Waals surface area (Å²) < 4.78 is 39.5. The number of halogens is 1. The zero-order valence-corrected chi connectivity index (χ0v) is 12.0. The summed E-state index contributed by atoms with van der Waals surface area (Å²) in [5, 5.41) is 2.92. The van der Waals surface area contributed by atoms with E-state index in [-0.39, 0.29) is 10.6 Å². The van der Waals surface area contributed by atoms with E-state index < -0.39 is 15.8 Å². The van der Waals surface area contributed by atoms with Crippen molar-refractivity contribution in [3.8, 4) is 0 Å². The monoisotopic (exact) mass is 297 g/mol. The van der Waals surface area contributed by atoms with Crippen LogP contribution in [0.2, 0.25) is 0 Å². The summed E-state index contributed by atoms with van der Waals surface area (Å²) in [6, 6.07) is 7.29. The lowest BCUT2D eigenvalue weighted by molar-refractivity contribution is 0.590. The molecule has 0 fully saturated rings. The van der Waals surface area contributed by atoms with E-state index in [1.165, 1.54) is 37.5 Å². The largest absolute Gasteiger partial charge is 0.363 e. The number of para-hydroxylation sites is 1. The molecule has 0 aliphatic heterocycles. The lowest BCUT2D eigenvalue weighted by Gasteiger charge is -2.19. The SMILES string of the molecule is CNCc1cc(S(=O)(=O)N(C)c2ccccc2F)c[nH]1. The molecule has 0 aliphatic carbocycles. The van der Waals surface area contributed by atoms with E-state index >= 15 is 0 Å². The van der Waals surface area contributed by atoms with Crippen LogP contribution in [0.15, 0.2) is 41.4 Å². The molecule has 108 valence electrons. The zero-order valence-electron chi connectivity index (χ0n) is 11.2. The molecule has 2 N–H and O–H groups in total. The van der Waals surface area contributed by atoms with Crippen LogP contribution in [-0.2, 0) is 16.6 Å². The maximum Gasteiger partial charge on any atom is 0.265 e. The van der Waals surface area contributed by atoms with Crippen molar-refractivity contribution < 1.29 is 12.8 Å². The number of benzene rings is 1. The Morgan fingerprint density at radius 2 is 2.05 bits per heavy atom. The first kappa shape index (κ1) is 14.5. The highest BCUT2D eigenvalue weighted by molar-refractivity contribution is 7.92. The van der Waals surface area contributed by atoms with Crippen LogP contribution in [0.5, 0.6) is 0 Å². The van der Waals surface area contributed by atoms with Crippen molar-refractivity contribution >= 4 is 15.7 Å². The first-order valence-electron chi connectivity index (χ1n) is 6.02. The fourth-order valence-electron chi connectivity index (χ4n) is 1.86. The predicted molar refractivity (Wildman–Crippen MR) is 75.5 cm³/mol. The number of aromatic nitrogens is 1. The van der Waals surface area contributed by atoms with Crippen LogP contribution in [0.4, 0.5) is 10.1 Å². The molecule has 0 atom stereocenters. The lowest BCUT2D eigenvalue weighted by Crippen LogP contribution is -2.27. The molecular weight excluding hydrogens is 281 g/mol. The summed E-state index contributed by atoms with van der Waals surface area (Å²) >= 11 is 0. The Balaban J connectivity index is 2.36. The van der Waals surface area contributed by atoms with Gasteiger partial charge < -0.3 is 10.3 Å². The van der Waals surface area contributed by atoms with Crippen LogP contribution in [0, 0.1) is 5.82 Å². The summed E-state index contributed by atoms with van der Waals surface area (Å²) in [7, 11) is -0.682. The second-order valence-electron chi connectivity index (χ2n) is 4.31. The van der Waals surface area contributed by atoms with Crippen molar-refractivity contribution in [1.82, 2.24) is 10.3 Å². The average Bonchev–Trinajstić information content (AvgIpc) is 2.88. The third-order valence-corrected chi connectivity index (χ3v) is 4.68. The number of anilines is 1. The van der Waals surface area contributed by atoms with Gasteiger partial charge in [0.25, 0.3) is 10.0 Å². The van der Waals surface area contributed by atoms with Crippen molar-refractivity contribution in [2.45, 2.75) is 11.4 Å². The number of nitrogens with zero attached hydrogens (tertiary/aromatic N) is 1. The maximum absolute atomic E-state index is 13.7. The van der Waals surface area contributed by atoms with Crippen LogP contribution in [0.25, 0.3) is 0 Å². The van der Waals surface area contributed by atoms with Gasteiger partial charge in [-0.15, -0.1) is 0 Å². The van der Waals surface area contributed by atoms with Crippen LogP contribution >= 0.6 is 0 Å². The maximum atomic E-state index is 13.7. The number of rotatable bonds is 5. The van der Waals surface area contributed by atoms with E-state index in [1.807, 2.05) is 0 Å². The van der Waals surface area contributed by atoms with E-state index in [0.717, 1.165) is 10.00 Å². The molecular formula is C13H16FN3O2S. The van der Waals surface area contributed by atoms with E-state index in [0.29, 0.717) is 6.54 Å². The Morgan fingerprint density at radius 3 is 2.70 bits per heavy atom. The van der Waals surface area contributed by atoms with E-state index in [2.05, 4.69) is 10.3 Å². The normalized spacial score (nSPS) is 11.6. The van der Waals surface area contributed by atoms with Crippen molar-refractivity contribution in [1.29, 1.82) is 0 Å². The highest BCUT2D eigenvalue weighted by atomic mass is 32.2. The molecule has 0 amide bonds. The Bertz CT molecular complexity index is 697. The van der Waals surface area contributed by atoms with Crippen molar-refractivity contribution in [3.63, 3.8) is 0 Å². The Kier molecular flexibility index (Phi) is 4.10. The van der Waals surface area contributed by atoms with Gasteiger partial charge in [-0.3, -0.25) is 4.31 Å². The van der Waals surface area contributed by atoms with Crippen LogP contribution < -0.4 is 9.62 Å². The second-order valence-corrected chi connectivity index (χ2v) is 6.28. The van der Waals surface area contributed by atoms with Crippen LogP contribution in [0.1, 0.15) is 5.69 Å². The summed E-state index contributed by atoms with van der Waals surface area (Å²) in [6.45, 7) is 0.527. The number of aromatic amines is 1. The van der Waals surface area contributed by atoms with Gasteiger partial charge in [0, 0.05) is 25.5 Å². The highest BCUT2D eigenvalue weighted by Gasteiger charge is 2.24. The fourth-order valence-corrected chi connectivity index (χ4v) is 3.08.